The van der Waals surface area contributed by atoms with Crippen LogP contribution in [0.25, 0.3) is 0 Å². The monoisotopic (exact) mass is 451 g/mol. The largest absolute Gasteiger partial charge is 0.385 e. The summed E-state index contributed by atoms with van der Waals surface area (Å²) < 4.78 is 1.09. The normalized spacial score (nSPS) is 10.9. The Morgan fingerprint density at radius 2 is 1.52 bits per heavy atom. The van der Waals surface area contributed by atoms with Gasteiger partial charge in [-0.25, -0.2) is 0 Å². The van der Waals surface area contributed by atoms with E-state index in [9.17, 15) is 9.59 Å². The third kappa shape index (κ3) is 6.54. The molecular weight excluding hydrogens is 433 g/mol. The van der Waals surface area contributed by atoms with Crippen LogP contribution < -0.4 is 10.6 Å². The van der Waals surface area contributed by atoms with E-state index in [0.29, 0.717) is 17.1 Å². The van der Waals surface area contributed by atoms with Crippen molar-refractivity contribution >= 4 is 51.5 Å². The minimum Gasteiger partial charge on any atom is -0.385 e. The van der Waals surface area contributed by atoms with E-state index in [4.69, 9.17) is 4.84 Å². The highest BCUT2D eigenvalue weighted by Crippen LogP contribution is 2.12. The topological polar surface area (TPSA) is 79.8 Å². The van der Waals surface area contributed by atoms with Crippen LogP contribution in [0.2, 0.25) is 0 Å². The predicted molar refractivity (Wildman–Crippen MR) is 107 cm³/mol. The van der Waals surface area contributed by atoms with Crippen LogP contribution in [0, 0.1) is 3.57 Å². The van der Waals surface area contributed by atoms with Gasteiger partial charge in [0.25, 0.3) is 5.91 Å². The van der Waals surface area contributed by atoms with Crippen LogP contribution in [-0.2, 0) is 14.4 Å². The molecule has 2 N–H and O–H groups in total. The molecule has 2 rings (SSSR count). The number of anilines is 2. The Kier molecular flexibility index (Phi) is 6.93. The number of carbonyl (C=O) groups is 2. The summed E-state index contributed by atoms with van der Waals surface area (Å²) in [6.45, 7) is 3.06. The van der Waals surface area contributed by atoms with Crippen molar-refractivity contribution < 1.29 is 14.4 Å². The summed E-state index contributed by atoms with van der Waals surface area (Å²) >= 11 is 2.20. The molecule has 0 radical (unpaired) electrons. The second-order valence-corrected chi connectivity index (χ2v) is 6.51. The van der Waals surface area contributed by atoms with Crippen molar-refractivity contribution in [2.45, 2.75) is 13.8 Å². The molecule has 2 aromatic carbocycles. The van der Waals surface area contributed by atoms with Crippen LogP contribution in [0.5, 0.6) is 0 Å². The van der Waals surface area contributed by atoms with Crippen LogP contribution >= 0.6 is 22.6 Å². The molecule has 0 aliphatic heterocycles. The average molecular weight is 451 g/mol. The summed E-state index contributed by atoms with van der Waals surface area (Å²) in [6, 6.07) is 14.7. The van der Waals surface area contributed by atoms with Crippen molar-refractivity contribution in [1.82, 2.24) is 0 Å². The lowest BCUT2D eigenvalue weighted by Gasteiger charge is -2.06. The minimum atomic E-state index is -0.279. The summed E-state index contributed by atoms with van der Waals surface area (Å²) in [7, 11) is 0. The number of oxime groups is 1. The van der Waals surface area contributed by atoms with E-state index in [0.717, 1.165) is 9.13 Å². The molecule has 0 bridgehead atoms. The summed E-state index contributed by atoms with van der Waals surface area (Å²) in [6.07, 6.45) is 0. The second kappa shape index (κ2) is 9.16. The minimum absolute atomic E-state index is 0.124. The lowest BCUT2D eigenvalue weighted by Crippen LogP contribution is -2.17. The summed E-state index contributed by atoms with van der Waals surface area (Å²) in [5.74, 6) is -0.403. The molecule has 2 aromatic rings. The van der Waals surface area contributed by atoms with Crippen molar-refractivity contribution in [3.63, 3.8) is 0 Å². The van der Waals surface area contributed by atoms with Gasteiger partial charge >= 0.3 is 0 Å². The fourth-order valence-electron chi connectivity index (χ4n) is 1.97. The van der Waals surface area contributed by atoms with E-state index in [1.165, 1.54) is 6.92 Å². The maximum Gasteiger partial charge on any atom is 0.265 e. The van der Waals surface area contributed by atoms with E-state index in [-0.39, 0.29) is 18.4 Å². The van der Waals surface area contributed by atoms with Gasteiger partial charge in [-0.15, -0.1) is 0 Å². The maximum atomic E-state index is 11.8. The third-order valence-corrected chi connectivity index (χ3v) is 3.87. The van der Waals surface area contributed by atoms with Gasteiger partial charge in [0, 0.05) is 21.9 Å². The Morgan fingerprint density at radius 1 is 0.960 bits per heavy atom. The number of halogens is 1. The number of hydrogen-bond donors (Lipinski definition) is 2. The molecule has 6 nitrogen and oxygen atoms in total. The first kappa shape index (κ1) is 18.9. The van der Waals surface area contributed by atoms with Crippen LogP contribution in [0.1, 0.15) is 19.4 Å². The lowest BCUT2D eigenvalue weighted by atomic mass is 10.1. The fraction of sp³-hybridized carbons (Fsp3) is 0.167. The molecule has 0 atom stereocenters. The first-order chi connectivity index (χ1) is 11.9. The molecule has 130 valence electrons. The van der Waals surface area contributed by atoms with Gasteiger partial charge in [-0.1, -0.05) is 17.3 Å². The number of benzene rings is 2. The highest BCUT2D eigenvalue weighted by atomic mass is 127. The van der Waals surface area contributed by atoms with Crippen LogP contribution in [-0.4, -0.2) is 24.1 Å². The van der Waals surface area contributed by atoms with Gasteiger partial charge in [-0.05, 0) is 71.5 Å². The second-order valence-electron chi connectivity index (χ2n) is 5.26. The third-order valence-electron chi connectivity index (χ3n) is 3.15. The molecule has 25 heavy (non-hydrogen) atoms. The van der Waals surface area contributed by atoms with E-state index in [1.54, 1.807) is 19.1 Å². The zero-order chi connectivity index (χ0) is 18.2. The molecule has 0 spiro atoms. The number of amides is 2. The van der Waals surface area contributed by atoms with E-state index in [2.05, 4.69) is 38.4 Å². The Labute approximate surface area is 159 Å². The van der Waals surface area contributed by atoms with Crippen LogP contribution in [0.4, 0.5) is 11.4 Å². The molecule has 0 fully saturated rings. The highest BCUT2D eigenvalue weighted by Gasteiger charge is 2.04. The van der Waals surface area contributed by atoms with Crippen molar-refractivity contribution in [3.8, 4) is 0 Å². The molecule has 0 aliphatic carbocycles. The zero-order valence-electron chi connectivity index (χ0n) is 13.9. The zero-order valence-corrected chi connectivity index (χ0v) is 16.0. The molecule has 0 heterocycles. The first-order valence-electron chi connectivity index (χ1n) is 7.54. The van der Waals surface area contributed by atoms with E-state index in [1.807, 2.05) is 36.4 Å². The smallest absolute Gasteiger partial charge is 0.265 e. The standard InChI is InChI=1S/C18H18IN3O3/c1-12(14-3-7-16(8-4-14)20-13(2)23)22-25-11-18(24)21-17-9-5-15(19)6-10-17/h3-10H,11H2,1-2H3,(H,20,23)(H,21,24)/b22-12+. The van der Waals surface area contributed by atoms with Gasteiger partial charge < -0.3 is 15.5 Å². The molecule has 0 unspecified atom stereocenters. The summed E-state index contributed by atoms with van der Waals surface area (Å²) in [5, 5.41) is 9.37. The maximum absolute atomic E-state index is 11.8. The van der Waals surface area contributed by atoms with Gasteiger partial charge in [0.05, 0.1) is 5.71 Å². The highest BCUT2D eigenvalue weighted by molar-refractivity contribution is 14.1. The van der Waals surface area contributed by atoms with Gasteiger partial charge in [0.1, 0.15) is 0 Å². The molecule has 0 saturated heterocycles. The molecule has 0 aliphatic rings. The Hall–Kier alpha value is -2.42. The number of nitrogens with one attached hydrogen (secondary N) is 2. The van der Waals surface area contributed by atoms with Crippen molar-refractivity contribution in [1.29, 1.82) is 0 Å². The quantitative estimate of drug-likeness (QED) is 0.400. The van der Waals surface area contributed by atoms with Crippen molar-refractivity contribution in [2.75, 3.05) is 17.2 Å². The van der Waals surface area contributed by atoms with Gasteiger partial charge in [0.2, 0.25) is 5.91 Å². The van der Waals surface area contributed by atoms with Crippen molar-refractivity contribution in [3.05, 3.63) is 57.7 Å². The Morgan fingerprint density at radius 3 is 2.12 bits per heavy atom. The van der Waals surface area contributed by atoms with Crippen LogP contribution in [0.15, 0.2) is 53.7 Å². The first-order valence-corrected chi connectivity index (χ1v) is 8.62. The Bertz CT molecular complexity index is 771. The number of hydrogen-bond acceptors (Lipinski definition) is 4. The number of nitrogens with zero attached hydrogens (tertiary/aromatic N) is 1. The fourth-order valence-corrected chi connectivity index (χ4v) is 2.33. The molecule has 0 saturated carbocycles. The van der Waals surface area contributed by atoms with Crippen molar-refractivity contribution in [2.24, 2.45) is 5.16 Å². The summed E-state index contributed by atoms with van der Waals surface area (Å²) in [5.41, 5.74) is 2.90. The number of rotatable bonds is 6. The number of carbonyl (C=O) groups excluding carboxylic acids is 2. The molecular formula is C18H18IN3O3. The van der Waals surface area contributed by atoms with Gasteiger partial charge in [-0.3, -0.25) is 9.59 Å². The van der Waals surface area contributed by atoms with E-state index >= 15 is 0 Å². The lowest BCUT2D eigenvalue weighted by molar-refractivity contribution is -0.120. The molecule has 7 heteroatoms. The predicted octanol–water partition coefficient (Wildman–Crippen LogP) is 3.63. The summed E-state index contributed by atoms with van der Waals surface area (Å²) in [4.78, 5) is 27.9. The van der Waals surface area contributed by atoms with Gasteiger partial charge in [-0.2, -0.15) is 0 Å². The molecule has 0 aromatic heterocycles. The Balaban J connectivity index is 1.84. The molecule has 2 amide bonds. The van der Waals surface area contributed by atoms with E-state index < -0.39 is 0 Å². The average Bonchev–Trinajstić information content (AvgIpc) is 2.57. The van der Waals surface area contributed by atoms with Gasteiger partial charge in [0.15, 0.2) is 6.61 Å². The SMILES string of the molecule is CC(=O)Nc1ccc(/C(C)=N/OCC(=O)Nc2ccc(I)cc2)cc1. The van der Waals surface area contributed by atoms with Crippen LogP contribution in [0.3, 0.4) is 0 Å².